The molecule has 0 spiro atoms. The Morgan fingerprint density at radius 1 is 1.43 bits per heavy atom. The highest BCUT2D eigenvalue weighted by molar-refractivity contribution is 5.55. The number of nitrogens with zero attached hydrogens (tertiary/aromatic N) is 2. The molecule has 14 heavy (non-hydrogen) atoms. The van der Waals surface area contributed by atoms with Gasteiger partial charge in [-0.2, -0.15) is 4.98 Å². The molecule has 4 heteroatoms. The van der Waals surface area contributed by atoms with E-state index in [1.807, 2.05) is 31.2 Å². The van der Waals surface area contributed by atoms with E-state index in [9.17, 15) is 0 Å². The summed E-state index contributed by atoms with van der Waals surface area (Å²) in [6.07, 6.45) is 0. The highest BCUT2D eigenvalue weighted by Crippen LogP contribution is 2.16. The lowest BCUT2D eigenvalue weighted by molar-refractivity contribution is 0.380. The minimum absolute atomic E-state index is 0.277. The smallest absolute Gasteiger partial charge is 0.240 e. The molecule has 1 heterocycles. The summed E-state index contributed by atoms with van der Waals surface area (Å²) in [6.45, 7) is 2.30. The zero-order chi connectivity index (χ0) is 9.97. The molecule has 0 atom stereocenters. The summed E-state index contributed by atoms with van der Waals surface area (Å²) in [5, 5.41) is 3.83. The lowest BCUT2D eigenvalue weighted by Crippen LogP contribution is -1.95. The second kappa shape index (κ2) is 3.59. The van der Waals surface area contributed by atoms with E-state index in [4.69, 9.17) is 10.3 Å². The summed E-state index contributed by atoms with van der Waals surface area (Å²) in [5.74, 6) is 1.05. The summed E-state index contributed by atoms with van der Waals surface area (Å²) in [5.41, 5.74) is 7.50. The summed E-state index contributed by atoms with van der Waals surface area (Å²) < 4.78 is 4.92. The molecule has 0 saturated heterocycles. The average molecular weight is 189 g/mol. The Kier molecular flexibility index (Phi) is 2.28. The van der Waals surface area contributed by atoms with Crippen molar-refractivity contribution in [3.8, 4) is 11.4 Å². The van der Waals surface area contributed by atoms with E-state index in [2.05, 4.69) is 10.1 Å². The molecule has 0 radical (unpaired) electrons. The van der Waals surface area contributed by atoms with Crippen molar-refractivity contribution < 1.29 is 4.52 Å². The van der Waals surface area contributed by atoms with Crippen LogP contribution in [0.3, 0.4) is 0 Å². The van der Waals surface area contributed by atoms with Crippen LogP contribution in [0.25, 0.3) is 11.4 Å². The van der Waals surface area contributed by atoms with Gasteiger partial charge in [-0.1, -0.05) is 28.9 Å². The molecule has 0 aliphatic rings. The summed E-state index contributed by atoms with van der Waals surface area (Å²) in [4.78, 5) is 4.14. The Morgan fingerprint density at radius 3 is 2.93 bits per heavy atom. The van der Waals surface area contributed by atoms with Gasteiger partial charge in [0.15, 0.2) is 0 Å². The van der Waals surface area contributed by atoms with Gasteiger partial charge in [0.25, 0.3) is 0 Å². The van der Waals surface area contributed by atoms with Crippen LogP contribution in [0, 0.1) is 6.92 Å². The predicted molar refractivity (Wildman–Crippen MR) is 52.4 cm³/mol. The van der Waals surface area contributed by atoms with Gasteiger partial charge in [-0.15, -0.1) is 0 Å². The fourth-order valence-corrected chi connectivity index (χ4v) is 1.24. The molecule has 0 amide bonds. The first kappa shape index (κ1) is 8.90. The molecule has 2 aromatic rings. The van der Waals surface area contributed by atoms with E-state index >= 15 is 0 Å². The van der Waals surface area contributed by atoms with Crippen LogP contribution in [0.1, 0.15) is 11.5 Å². The maximum atomic E-state index is 5.37. The van der Waals surface area contributed by atoms with E-state index < -0.39 is 0 Å². The number of rotatable bonds is 2. The van der Waals surface area contributed by atoms with Crippen molar-refractivity contribution in [1.29, 1.82) is 0 Å². The molecule has 0 aliphatic carbocycles. The SMILES string of the molecule is Cc1cccc(-c2noc(CN)n2)c1. The molecule has 2 N–H and O–H groups in total. The first-order valence-corrected chi connectivity index (χ1v) is 4.39. The largest absolute Gasteiger partial charge is 0.338 e. The van der Waals surface area contributed by atoms with Crippen LogP contribution in [0.4, 0.5) is 0 Å². The van der Waals surface area contributed by atoms with Crippen LogP contribution in [-0.4, -0.2) is 10.1 Å². The predicted octanol–water partition coefficient (Wildman–Crippen LogP) is 1.50. The lowest BCUT2D eigenvalue weighted by atomic mass is 10.1. The molecule has 1 aromatic heterocycles. The minimum Gasteiger partial charge on any atom is -0.338 e. The Balaban J connectivity index is 2.39. The van der Waals surface area contributed by atoms with E-state index in [0.717, 1.165) is 5.56 Å². The molecule has 72 valence electrons. The van der Waals surface area contributed by atoms with E-state index in [1.54, 1.807) is 0 Å². The second-order valence-electron chi connectivity index (χ2n) is 3.09. The fourth-order valence-electron chi connectivity index (χ4n) is 1.24. The van der Waals surface area contributed by atoms with Gasteiger partial charge in [-0.3, -0.25) is 0 Å². The maximum absolute atomic E-state index is 5.37. The Bertz CT molecular complexity index is 436. The molecule has 0 unspecified atom stereocenters. The van der Waals surface area contributed by atoms with Crippen molar-refractivity contribution in [2.24, 2.45) is 5.73 Å². The first-order chi connectivity index (χ1) is 6.79. The standard InChI is InChI=1S/C10H11N3O/c1-7-3-2-4-8(5-7)10-12-9(6-11)14-13-10/h2-5H,6,11H2,1H3. The van der Waals surface area contributed by atoms with Crippen molar-refractivity contribution in [3.05, 3.63) is 35.7 Å². The van der Waals surface area contributed by atoms with Gasteiger partial charge in [0.2, 0.25) is 11.7 Å². The van der Waals surface area contributed by atoms with Gasteiger partial charge in [-0.25, -0.2) is 0 Å². The zero-order valence-corrected chi connectivity index (χ0v) is 7.90. The maximum Gasteiger partial charge on any atom is 0.240 e. The van der Waals surface area contributed by atoms with Crippen molar-refractivity contribution >= 4 is 0 Å². The second-order valence-corrected chi connectivity index (χ2v) is 3.09. The van der Waals surface area contributed by atoms with Crippen LogP contribution in [0.5, 0.6) is 0 Å². The van der Waals surface area contributed by atoms with Crippen molar-refractivity contribution in [1.82, 2.24) is 10.1 Å². The Labute approximate surface area is 81.7 Å². The van der Waals surface area contributed by atoms with Crippen LogP contribution in [-0.2, 0) is 6.54 Å². The van der Waals surface area contributed by atoms with E-state index in [1.165, 1.54) is 5.56 Å². The van der Waals surface area contributed by atoms with Crippen molar-refractivity contribution in [2.75, 3.05) is 0 Å². The van der Waals surface area contributed by atoms with Gasteiger partial charge in [0, 0.05) is 5.56 Å². The third-order valence-corrected chi connectivity index (χ3v) is 1.92. The fraction of sp³-hybridized carbons (Fsp3) is 0.200. The topological polar surface area (TPSA) is 64.9 Å². The van der Waals surface area contributed by atoms with Crippen LogP contribution >= 0.6 is 0 Å². The summed E-state index contributed by atoms with van der Waals surface area (Å²) in [6, 6.07) is 7.93. The van der Waals surface area contributed by atoms with Gasteiger partial charge < -0.3 is 10.3 Å². The van der Waals surface area contributed by atoms with Crippen molar-refractivity contribution in [2.45, 2.75) is 13.5 Å². The monoisotopic (exact) mass is 189 g/mol. The zero-order valence-electron chi connectivity index (χ0n) is 7.90. The molecular weight excluding hydrogens is 178 g/mol. The van der Waals surface area contributed by atoms with Gasteiger partial charge in [-0.05, 0) is 13.0 Å². The van der Waals surface area contributed by atoms with E-state index in [0.29, 0.717) is 11.7 Å². The highest BCUT2D eigenvalue weighted by atomic mass is 16.5. The van der Waals surface area contributed by atoms with Crippen LogP contribution in [0.15, 0.2) is 28.8 Å². The minimum atomic E-state index is 0.277. The average Bonchev–Trinajstić information content (AvgIpc) is 2.66. The molecule has 2 rings (SSSR count). The van der Waals surface area contributed by atoms with Crippen LogP contribution in [0.2, 0.25) is 0 Å². The van der Waals surface area contributed by atoms with Gasteiger partial charge in [0.1, 0.15) is 0 Å². The lowest BCUT2D eigenvalue weighted by Gasteiger charge is -1.94. The van der Waals surface area contributed by atoms with Gasteiger partial charge in [0.05, 0.1) is 6.54 Å². The molecular formula is C10H11N3O. The molecule has 4 nitrogen and oxygen atoms in total. The number of nitrogens with two attached hydrogens (primary N) is 1. The summed E-state index contributed by atoms with van der Waals surface area (Å²) >= 11 is 0. The molecule has 0 aliphatic heterocycles. The Morgan fingerprint density at radius 2 is 2.29 bits per heavy atom. The van der Waals surface area contributed by atoms with Crippen molar-refractivity contribution in [3.63, 3.8) is 0 Å². The summed E-state index contributed by atoms with van der Waals surface area (Å²) in [7, 11) is 0. The Hall–Kier alpha value is -1.68. The highest BCUT2D eigenvalue weighted by Gasteiger charge is 2.06. The number of hydrogen-bond acceptors (Lipinski definition) is 4. The molecule has 0 bridgehead atoms. The normalized spacial score (nSPS) is 10.4. The first-order valence-electron chi connectivity index (χ1n) is 4.39. The number of aromatic nitrogens is 2. The quantitative estimate of drug-likeness (QED) is 0.777. The number of benzene rings is 1. The number of aryl methyl sites for hydroxylation is 1. The van der Waals surface area contributed by atoms with Gasteiger partial charge >= 0.3 is 0 Å². The van der Waals surface area contributed by atoms with E-state index in [-0.39, 0.29) is 6.54 Å². The third kappa shape index (κ3) is 1.65. The number of hydrogen-bond donors (Lipinski definition) is 1. The molecule has 0 saturated carbocycles. The molecule has 1 aromatic carbocycles. The molecule has 0 fully saturated rings. The van der Waals surface area contributed by atoms with Crippen LogP contribution < -0.4 is 5.73 Å². The third-order valence-electron chi connectivity index (χ3n) is 1.92.